The highest BCUT2D eigenvalue weighted by Crippen LogP contribution is 2.08. The smallest absolute Gasteiger partial charge is 0.0755 e. The van der Waals surface area contributed by atoms with Crippen LogP contribution in [0.4, 0.5) is 0 Å². The molecular weight excluding hydrogens is 334 g/mol. The lowest BCUT2D eigenvalue weighted by Crippen LogP contribution is -3.00. The zero-order valence-electron chi connectivity index (χ0n) is 15.7. The first-order valence-corrected chi connectivity index (χ1v) is 10.2. The van der Waals surface area contributed by atoms with E-state index < -0.39 is 0 Å². The summed E-state index contributed by atoms with van der Waals surface area (Å²) in [6, 6.07) is 0. The van der Waals surface area contributed by atoms with Crippen molar-refractivity contribution in [1.29, 1.82) is 0 Å². The van der Waals surface area contributed by atoms with E-state index in [1.54, 1.807) is 0 Å². The highest BCUT2D eigenvalue weighted by atomic mass is 79.9. The molecule has 2 heteroatoms. The molecular formula is C20H44BrN. The Kier molecular flexibility index (Phi) is 26.6. The van der Waals surface area contributed by atoms with E-state index in [-0.39, 0.29) is 17.0 Å². The van der Waals surface area contributed by atoms with Crippen molar-refractivity contribution in [2.24, 2.45) is 0 Å². The van der Waals surface area contributed by atoms with Crippen LogP contribution in [-0.4, -0.2) is 13.1 Å². The minimum absolute atomic E-state index is 0. The van der Waals surface area contributed by atoms with Gasteiger partial charge in [-0.05, 0) is 25.7 Å². The molecule has 0 amide bonds. The van der Waals surface area contributed by atoms with Gasteiger partial charge in [0, 0.05) is 0 Å². The molecule has 0 fully saturated rings. The van der Waals surface area contributed by atoms with Crippen molar-refractivity contribution in [1.82, 2.24) is 0 Å². The summed E-state index contributed by atoms with van der Waals surface area (Å²) in [4.78, 5) is 0. The summed E-state index contributed by atoms with van der Waals surface area (Å²) in [6.45, 7) is 7.32. The Bertz CT molecular complexity index is 155. The maximum atomic E-state index is 2.55. The molecule has 0 bridgehead atoms. The summed E-state index contributed by atoms with van der Waals surface area (Å²) in [5.74, 6) is 0. The van der Waals surface area contributed by atoms with Gasteiger partial charge in [0.25, 0.3) is 0 Å². The fourth-order valence-electron chi connectivity index (χ4n) is 2.99. The summed E-state index contributed by atoms with van der Waals surface area (Å²) in [7, 11) is 0. The maximum Gasteiger partial charge on any atom is 0.0755 e. The van der Waals surface area contributed by atoms with Gasteiger partial charge in [0.1, 0.15) is 0 Å². The molecule has 0 heterocycles. The molecule has 0 aliphatic carbocycles. The van der Waals surface area contributed by atoms with E-state index in [9.17, 15) is 0 Å². The lowest BCUT2D eigenvalue weighted by Gasteiger charge is -2.03. The quantitative estimate of drug-likeness (QED) is 0.353. The van der Waals surface area contributed by atoms with Gasteiger partial charge in [-0.3, -0.25) is 0 Å². The van der Waals surface area contributed by atoms with Crippen LogP contribution >= 0.6 is 0 Å². The summed E-state index contributed by atoms with van der Waals surface area (Å²) in [5, 5.41) is 2.55. The Hall–Kier alpha value is 0.440. The second kappa shape index (κ2) is 23.7. The zero-order chi connectivity index (χ0) is 15.4. The number of nitrogens with two attached hydrogens (primary N) is 1. The monoisotopic (exact) mass is 377 g/mol. The summed E-state index contributed by atoms with van der Waals surface area (Å²) in [6.07, 6.45) is 23.1. The lowest BCUT2D eigenvalue weighted by atomic mass is 10.1. The Morgan fingerprint density at radius 3 is 1.00 bits per heavy atom. The number of unbranched alkanes of at least 4 members (excludes halogenated alkanes) is 14. The number of quaternary nitrogens is 1. The largest absolute Gasteiger partial charge is 1.00 e. The van der Waals surface area contributed by atoms with Gasteiger partial charge in [0.15, 0.2) is 0 Å². The standard InChI is InChI=1S/C20H43N.BrH/c1-3-5-7-9-11-13-15-17-19-21-20-18-16-14-12-10-8-6-4-2;/h21H,3-20H2,1-2H3;1H. The van der Waals surface area contributed by atoms with Crippen LogP contribution in [0.1, 0.15) is 117 Å². The number of rotatable bonds is 18. The molecule has 0 radical (unpaired) electrons. The molecule has 0 rings (SSSR count). The predicted molar refractivity (Wildman–Crippen MR) is 96.9 cm³/mol. The van der Waals surface area contributed by atoms with Gasteiger partial charge in [-0.2, -0.15) is 0 Å². The first-order valence-electron chi connectivity index (χ1n) is 10.2. The van der Waals surface area contributed by atoms with Crippen molar-refractivity contribution in [2.75, 3.05) is 13.1 Å². The Labute approximate surface area is 152 Å². The molecule has 0 aromatic carbocycles. The third-order valence-corrected chi connectivity index (χ3v) is 4.52. The Balaban J connectivity index is 0. The maximum absolute atomic E-state index is 2.55. The number of hydrogen-bond donors (Lipinski definition) is 1. The van der Waals surface area contributed by atoms with Crippen LogP contribution in [0.3, 0.4) is 0 Å². The first-order chi connectivity index (χ1) is 10.4. The van der Waals surface area contributed by atoms with E-state index >= 15 is 0 Å². The van der Waals surface area contributed by atoms with Gasteiger partial charge in [0.05, 0.1) is 13.1 Å². The summed E-state index contributed by atoms with van der Waals surface area (Å²) in [5.41, 5.74) is 0. The van der Waals surface area contributed by atoms with Crippen molar-refractivity contribution in [3.05, 3.63) is 0 Å². The van der Waals surface area contributed by atoms with Crippen molar-refractivity contribution < 1.29 is 22.3 Å². The highest BCUT2D eigenvalue weighted by Gasteiger charge is 1.95. The van der Waals surface area contributed by atoms with Crippen LogP contribution in [0.25, 0.3) is 0 Å². The Morgan fingerprint density at radius 1 is 0.409 bits per heavy atom. The van der Waals surface area contributed by atoms with Gasteiger partial charge >= 0.3 is 0 Å². The molecule has 136 valence electrons. The number of halogens is 1. The molecule has 0 aliphatic rings. The fourth-order valence-corrected chi connectivity index (χ4v) is 2.99. The van der Waals surface area contributed by atoms with E-state index in [1.807, 2.05) is 0 Å². The highest BCUT2D eigenvalue weighted by molar-refractivity contribution is 4.46. The molecule has 22 heavy (non-hydrogen) atoms. The van der Waals surface area contributed by atoms with Gasteiger partial charge in [-0.15, -0.1) is 0 Å². The molecule has 0 aliphatic heterocycles. The predicted octanol–water partition coefficient (Wildman–Crippen LogP) is 2.84. The van der Waals surface area contributed by atoms with Crippen molar-refractivity contribution in [2.45, 2.75) is 117 Å². The fraction of sp³-hybridized carbons (Fsp3) is 1.00. The average molecular weight is 378 g/mol. The molecule has 1 nitrogen and oxygen atoms in total. The minimum Gasteiger partial charge on any atom is -1.00 e. The molecule has 0 spiro atoms. The average Bonchev–Trinajstić information content (AvgIpc) is 2.50. The van der Waals surface area contributed by atoms with Gasteiger partial charge in [0.2, 0.25) is 0 Å². The molecule has 0 unspecified atom stereocenters. The van der Waals surface area contributed by atoms with E-state index in [0.717, 1.165) is 0 Å². The van der Waals surface area contributed by atoms with Crippen LogP contribution in [0.15, 0.2) is 0 Å². The summed E-state index contributed by atoms with van der Waals surface area (Å²) < 4.78 is 0. The van der Waals surface area contributed by atoms with Gasteiger partial charge in [-0.25, -0.2) is 0 Å². The van der Waals surface area contributed by atoms with Crippen LogP contribution in [0.2, 0.25) is 0 Å². The third-order valence-electron chi connectivity index (χ3n) is 4.52. The first kappa shape index (κ1) is 24.7. The van der Waals surface area contributed by atoms with Crippen LogP contribution < -0.4 is 22.3 Å². The normalized spacial score (nSPS) is 10.6. The van der Waals surface area contributed by atoms with Crippen LogP contribution in [0, 0.1) is 0 Å². The van der Waals surface area contributed by atoms with Gasteiger partial charge < -0.3 is 22.3 Å². The zero-order valence-corrected chi connectivity index (χ0v) is 17.3. The van der Waals surface area contributed by atoms with Crippen LogP contribution in [-0.2, 0) is 0 Å². The third kappa shape index (κ3) is 22.7. The lowest BCUT2D eigenvalue weighted by molar-refractivity contribution is -0.655. The molecule has 2 N–H and O–H groups in total. The van der Waals surface area contributed by atoms with E-state index in [0.29, 0.717) is 0 Å². The van der Waals surface area contributed by atoms with Crippen molar-refractivity contribution in [3.8, 4) is 0 Å². The second-order valence-corrected chi connectivity index (χ2v) is 6.82. The van der Waals surface area contributed by atoms with E-state index in [4.69, 9.17) is 0 Å². The number of hydrogen-bond acceptors (Lipinski definition) is 0. The summed E-state index contributed by atoms with van der Waals surface area (Å²) >= 11 is 0. The Morgan fingerprint density at radius 2 is 0.682 bits per heavy atom. The molecule has 0 aromatic heterocycles. The van der Waals surface area contributed by atoms with Gasteiger partial charge in [-0.1, -0.05) is 90.9 Å². The molecule has 0 saturated carbocycles. The topological polar surface area (TPSA) is 16.6 Å². The van der Waals surface area contributed by atoms with Crippen LogP contribution in [0.5, 0.6) is 0 Å². The van der Waals surface area contributed by atoms with E-state index in [1.165, 1.54) is 116 Å². The SMILES string of the molecule is CCCCCCCCCC[NH2+]CCCCCCCCCC.[Br-]. The van der Waals surface area contributed by atoms with Crippen molar-refractivity contribution in [3.63, 3.8) is 0 Å². The second-order valence-electron chi connectivity index (χ2n) is 6.82. The van der Waals surface area contributed by atoms with E-state index in [2.05, 4.69) is 19.2 Å². The van der Waals surface area contributed by atoms with Crippen molar-refractivity contribution >= 4 is 0 Å². The minimum atomic E-state index is 0. The molecule has 0 aromatic rings. The molecule has 0 atom stereocenters. The molecule has 0 saturated heterocycles.